The number of benzene rings is 3. The van der Waals surface area contributed by atoms with Crippen molar-refractivity contribution in [1.29, 1.82) is 0 Å². The molecule has 3 N–H and O–H groups in total. The van der Waals surface area contributed by atoms with Crippen molar-refractivity contribution < 1.29 is 23.1 Å². The lowest BCUT2D eigenvalue weighted by Crippen LogP contribution is -2.37. The van der Waals surface area contributed by atoms with Gasteiger partial charge < -0.3 is 9.84 Å². The standard InChI is InChI=1S/C25H22Cl3N3O5S/c1-3-36-22-18(12-13(2)19(28)23(22)37(29,34)35)24-30-20(14-4-8-16(26)9-5-14)21(31(24)25(32)33)15-6-10-17(27)11-7-15/h4-12,20-21H,3H2,1-2H3,(H,32,33)(H2,29,34,35). The molecule has 194 valence electrons. The number of carboxylic acid groups (broad SMARTS) is 1. The molecule has 8 nitrogen and oxygen atoms in total. The number of halogens is 3. The van der Waals surface area contributed by atoms with Crippen molar-refractivity contribution in [2.75, 3.05) is 6.61 Å². The molecule has 0 radical (unpaired) electrons. The second-order valence-electron chi connectivity index (χ2n) is 8.29. The minimum Gasteiger partial charge on any atom is -0.492 e. The highest BCUT2D eigenvalue weighted by Crippen LogP contribution is 2.46. The van der Waals surface area contributed by atoms with E-state index in [1.165, 1.54) is 0 Å². The molecule has 2 atom stereocenters. The Hall–Kier alpha value is -2.82. The third-order valence-corrected chi connectivity index (χ3v) is 7.93. The Morgan fingerprint density at radius 2 is 1.59 bits per heavy atom. The number of nitrogens with two attached hydrogens (primary N) is 1. The highest BCUT2D eigenvalue weighted by atomic mass is 35.5. The van der Waals surface area contributed by atoms with E-state index < -0.39 is 33.1 Å². The van der Waals surface area contributed by atoms with Crippen molar-refractivity contribution in [3.05, 3.63) is 91.9 Å². The highest BCUT2D eigenvalue weighted by Gasteiger charge is 2.44. The van der Waals surface area contributed by atoms with Gasteiger partial charge in [0.05, 0.1) is 23.2 Å². The van der Waals surface area contributed by atoms with Crippen molar-refractivity contribution in [2.24, 2.45) is 10.1 Å². The molecule has 4 rings (SSSR count). The van der Waals surface area contributed by atoms with E-state index in [0.29, 0.717) is 26.7 Å². The molecule has 3 aromatic carbocycles. The lowest BCUT2D eigenvalue weighted by Gasteiger charge is -2.28. The van der Waals surface area contributed by atoms with Gasteiger partial charge in [0, 0.05) is 10.0 Å². The van der Waals surface area contributed by atoms with Gasteiger partial charge in [-0.2, -0.15) is 0 Å². The number of nitrogens with zero attached hydrogens (tertiary/aromatic N) is 2. The first kappa shape index (κ1) is 27.2. The zero-order chi connectivity index (χ0) is 27.1. The number of ether oxygens (including phenoxy) is 1. The lowest BCUT2D eigenvalue weighted by molar-refractivity contribution is 0.157. The van der Waals surface area contributed by atoms with Crippen LogP contribution in [0, 0.1) is 6.92 Å². The zero-order valence-corrected chi connectivity index (χ0v) is 22.7. The van der Waals surface area contributed by atoms with Gasteiger partial charge in [-0.1, -0.05) is 59.1 Å². The normalized spacial score (nSPS) is 17.6. The van der Waals surface area contributed by atoms with E-state index in [4.69, 9.17) is 49.7 Å². The molecule has 1 amide bonds. The molecule has 0 aliphatic carbocycles. The largest absolute Gasteiger partial charge is 0.492 e. The first-order valence-electron chi connectivity index (χ1n) is 11.0. The van der Waals surface area contributed by atoms with Crippen LogP contribution in [0.3, 0.4) is 0 Å². The molecular formula is C25H22Cl3N3O5S. The molecule has 1 aliphatic rings. The predicted octanol–water partition coefficient (Wildman–Crippen LogP) is 6.22. The van der Waals surface area contributed by atoms with Gasteiger partial charge in [-0.15, -0.1) is 0 Å². The Balaban J connectivity index is 2.03. The van der Waals surface area contributed by atoms with Crippen LogP contribution >= 0.6 is 34.8 Å². The van der Waals surface area contributed by atoms with Gasteiger partial charge >= 0.3 is 6.09 Å². The molecule has 0 bridgehead atoms. The number of hydrogen-bond donors (Lipinski definition) is 2. The van der Waals surface area contributed by atoms with Gasteiger partial charge in [-0.05, 0) is 60.9 Å². The van der Waals surface area contributed by atoms with Gasteiger partial charge in [-0.3, -0.25) is 9.89 Å². The molecule has 0 fully saturated rings. The topological polar surface area (TPSA) is 122 Å². The minimum absolute atomic E-state index is 0.0134. The molecule has 0 saturated heterocycles. The van der Waals surface area contributed by atoms with E-state index >= 15 is 0 Å². The van der Waals surface area contributed by atoms with Crippen LogP contribution in [0.2, 0.25) is 15.1 Å². The number of rotatable bonds is 6. The van der Waals surface area contributed by atoms with Crippen LogP contribution in [0.4, 0.5) is 4.79 Å². The number of amidine groups is 1. The summed E-state index contributed by atoms with van der Waals surface area (Å²) >= 11 is 18.5. The average Bonchev–Trinajstić information content (AvgIpc) is 3.22. The fraction of sp³-hybridized carbons (Fsp3) is 0.200. The quantitative estimate of drug-likeness (QED) is 0.357. The first-order chi connectivity index (χ1) is 17.4. The van der Waals surface area contributed by atoms with Gasteiger partial charge in [0.15, 0.2) is 5.75 Å². The lowest BCUT2D eigenvalue weighted by atomic mass is 9.94. The summed E-state index contributed by atoms with van der Waals surface area (Å²) in [5.41, 5.74) is 1.81. The predicted molar refractivity (Wildman–Crippen MR) is 144 cm³/mol. The van der Waals surface area contributed by atoms with E-state index in [2.05, 4.69) is 0 Å². The van der Waals surface area contributed by atoms with Crippen LogP contribution in [-0.2, 0) is 10.0 Å². The molecule has 12 heteroatoms. The van der Waals surface area contributed by atoms with Crippen molar-refractivity contribution in [3.8, 4) is 5.75 Å². The summed E-state index contributed by atoms with van der Waals surface area (Å²) in [5.74, 6) is -0.183. The monoisotopic (exact) mass is 581 g/mol. The van der Waals surface area contributed by atoms with Crippen LogP contribution < -0.4 is 9.88 Å². The third-order valence-electron chi connectivity index (χ3n) is 5.87. The van der Waals surface area contributed by atoms with Crippen LogP contribution in [0.25, 0.3) is 0 Å². The summed E-state index contributed by atoms with van der Waals surface area (Å²) in [5, 5.41) is 16.8. The zero-order valence-electron chi connectivity index (χ0n) is 19.7. The van der Waals surface area contributed by atoms with E-state index in [1.807, 2.05) is 0 Å². The van der Waals surface area contributed by atoms with Gasteiger partial charge in [0.2, 0.25) is 10.0 Å². The van der Waals surface area contributed by atoms with Crippen molar-refractivity contribution in [2.45, 2.75) is 30.8 Å². The summed E-state index contributed by atoms with van der Waals surface area (Å²) in [7, 11) is -4.35. The summed E-state index contributed by atoms with van der Waals surface area (Å²) < 4.78 is 30.8. The van der Waals surface area contributed by atoms with Crippen molar-refractivity contribution in [3.63, 3.8) is 0 Å². The van der Waals surface area contributed by atoms with E-state index in [9.17, 15) is 18.3 Å². The minimum atomic E-state index is -4.35. The molecule has 0 aromatic heterocycles. The highest BCUT2D eigenvalue weighted by molar-refractivity contribution is 7.89. The fourth-order valence-corrected chi connectivity index (χ4v) is 5.86. The maximum atomic E-state index is 12.8. The molecule has 0 spiro atoms. The maximum Gasteiger partial charge on any atom is 0.413 e. The average molecular weight is 583 g/mol. The van der Waals surface area contributed by atoms with Gasteiger partial charge in [0.25, 0.3) is 0 Å². The summed E-state index contributed by atoms with van der Waals surface area (Å²) in [4.78, 5) is 18.2. The first-order valence-corrected chi connectivity index (χ1v) is 13.7. The van der Waals surface area contributed by atoms with Crippen LogP contribution in [-0.4, -0.2) is 37.0 Å². The van der Waals surface area contributed by atoms with Crippen molar-refractivity contribution >= 4 is 56.8 Å². The summed E-state index contributed by atoms with van der Waals surface area (Å²) in [6, 6.07) is 13.7. The SMILES string of the molecule is CCOc1c(C2=NC(c3ccc(Cl)cc3)C(c3ccc(Cl)cc3)N2C(=O)O)cc(C)c(Cl)c1S(N)(=O)=O. The Labute approximate surface area is 229 Å². The fourth-order valence-electron chi connectivity index (χ4n) is 4.31. The molecule has 0 saturated carbocycles. The Morgan fingerprint density at radius 1 is 1.05 bits per heavy atom. The number of aryl methyl sites for hydroxylation is 1. The van der Waals surface area contributed by atoms with E-state index in [0.717, 1.165) is 4.90 Å². The number of amides is 1. The summed E-state index contributed by atoms with van der Waals surface area (Å²) in [6.45, 7) is 3.31. The Bertz CT molecular complexity index is 1490. The molecule has 37 heavy (non-hydrogen) atoms. The smallest absolute Gasteiger partial charge is 0.413 e. The van der Waals surface area contributed by atoms with Crippen molar-refractivity contribution in [1.82, 2.24) is 4.90 Å². The van der Waals surface area contributed by atoms with Crippen LogP contribution in [0.1, 0.15) is 41.3 Å². The number of primary sulfonamides is 1. The molecule has 2 unspecified atom stereocenters. The molecule has 1 aliphatic heterocycles. The summed E-state index contributed by atoms with van der Waals surface area (Å²) in [6.07, 6.45) is -1.30. The number of aliphatic imine (C=N–C) groups is 1. The molecule has 1 heterocycles. The number of sulfonamides is 1. The second kappa shape index (κ2) is 10.5. The van der Waals surface area contributed by atoms with Gasteiger partial charge in [-0.25, -0.2) is 18.4 Å². The van der Waals surface area contributed by atoms with Gasteiger partial charge in [0.1, 0.15) is 16.8 Å². The third kappa shape index (κ3) is 5.28. The second-order valence-corrected chi connectivity index (χ2v) is 11.0. The van der Waals surface area contributed by atoms with Crippen LogP contribution in [0.15, 0.2) is 64.5 Å². The number of hydrogen-bond acceptors (Lipinski definition) is 5. The van der Waals surface area contributed by atoms with Crippen LogP contribution in [0.5, 0.6) is 5.75 Å². The Morgan fingerprint density at radius 3 is 2.08 bits per heavy atom. The maximum absolute atomic E-state index is 12.8. The molecular weight excluding hydrogens is 561 g/mol. The van der Waals surface area contributed by atoms with E-state index in [1.54, 1.807) is 68.4 Å². The molecule has 3 aromatic rings. The number of carbonyl (C=O) groups is 1. The Kier molecular flexibility index (Phi) is 7.73. The van der Waals surface area contributed by atoms with E-state index in [-0.39, 0.29) is 28.8 Å².